The molecule has 18 heavy (non-hydrogen) atoms. The second-order valence-electron chi connectivity index (χ2n) is 4.82. The van der Waals surface area contributed by atoms with Crippen LogP contribution in [0, 0.1) is 13.8 Å². The third-order valence-corrected chi connectivity index (χ3v) is 3.72. The Morgan fingerprint density at radius 2 is 2.06 bits per heavy atom. The zero-order valence-electron chi connectivity index (χ0n) is 11.9. The number of halogens is 1. The summed E-state index contributed by atoms with van der Waals surface area (Å²) in [5.74, 6) is 0.969. The van der Waals surface area contributed by atoms with Crippen molar-refractivity contribution < 1.29 is 4.74 Å². The van der Waals surface area contributed by atoms with Crippen molar-refractivity contribution in [2.75, 3.05) is 7.11 Å². The van der Waals surface area contributed by atoms with Gasteiger partial charge in [-0.15, -0.1) is 11.6 Å². The van der Waals surface area contributed by atoms with Crippen molar-refractivity contribution in [3.05, 3.63) is 23.0 Å². The normalized spacial score (nSPS) is 12.5. The van der Waals surface area contributed by atoms with Crippen molar-refractivity contribution in [2.24, 2.45) is 0 Å². The summed E-state index contributed by atoms with van der Waals surface area (Å²) < 4.78 is 5.42. The molecule has 0 spiro atoms. The van der Waals surface area contributed by atoms with Crippen molar-refractivity contribution in [1.29, 1.82) is 0 Å². The maximum Gasteiger partial charge on any atom is 0.128 e. The molecule has 1 atom stereocenters. The third kappa shape index (κ3) is 4.16. The smallest absolute Gasteiger partial charge is 0.128 e. The average molecular weight is 270 g/mol. The number of alkyl halides is 1. The molecule has 3 heteroatoms. The van der Waals surface area contributed by atoms with Crippen LogP contribution in [-0.4, -0.2) is 17.5 Å². The average Bonchev–Trinajstić information content (AvgIpc) is 2.33. The highest BCUT2D eigenvalue weighted by Crippen LogP contribution is 2.25. The number of nitrogens with zero attached hydrogens (tertiary/aromatic N) is 1. The summed E-state index contributed by atoms with van der Waals surface area (Å²) in [6.07, 6.45) is 7.29. The van der Waals surface area contributed by atoms with E-state index in [9.17, 15) is 0 Å². The molecule has 0 aliphatic rings. The van der Waals surface area contributed by atoms with Gasteiger partial charge in [-0.05, 0) is 39.5 Å². The van der Waals surface area contributed by atoms with Crippen LogP contribution in [0.25, 0.3) is 0 Å². The molecule has 0 amide bonds. The van der Waals surface area contributed by atoms with Gasteiger partial charge >= 0.3 is 0 Å². The Morgan fingerprint density at radius 1 is 1.33 bits per heavy atom. The molecule has 0 saturated carbocycles. The van der Waals surface area contributed by atoms with Crippen molar-refractivity contribution in [1.82, 2.24) is 4.98 Å². The van der Waals surface area contributed by atoms with E-state index in [1.54, 1.807) is 7.11 Å². The molecular weight excluding hydrogens is 246 g/mol. The van der Waals surface area contributed by atoms with E-state index in [0.29, 0.717) is 5.38 Å². The van der Waals surface area contributed by atoms with Gasteiger partial charge in [-0.2, -0.15) is 0 Å². The summed E-state index contributed by atoms with van der Waals surface area (Å²) in [7, 11) is 1.72. The zero-order chi connectivity index (χ0) is 13.5. The van der Waals surface area contributed by atoms with Crippen LogP contribution in [0.1, 0.15) is 49.4 Å². The van der Waals surface area contributed by atoms with Gasteiger partial charge < -0.3 is 4.74 Å². The number of ether oxygens (including phenoxy) is 1. The molecular formula is C15H24ClNO. The molecule has 0 aliphatic carbocycles. The topological polar surface area (TPSA) is 22.1 Å². The largest absolute Gasteiger partial charge is 0.496 e. The molecule has 0 N–H and O–H groups in total. The van der Waals surface area contributed by atoms with Crippen LogP contribution >= 0.6 is 11.6 Å². The number of hydrogen-bond acceptors (Lipinski definition) is 2. The lowest BCUT2D eigenvalue weighted by atomic mass is 10.0. The van der Waals surface area contributed by atoms with Crippen molar-refractivity contribution in [3.8, 4) is 5.75 Å². The second-order valence-corrected chi connectivity index (χ2v) is 5.44. The highest BCUT2D eigenvalue weighted by atomic mass is 35.5. The van der Waals surface area contributed by atoms with Crippen molar-refractivity contribution in [3.63, 3.8) is 0 Å². The second kappa shape index (κ2) is 7.63. The Balaban J connectivity index is 2.58. The zero-order valence-corrected chi connectivity index (χ0v) is 12.7. The first-order chi connectivity index (χ1) is 8.60. The van der Waals surface area contributed by atoms with E-state index in [-0.39, 0.29) is 0 Å². The number of pyridine rings is 1. The lowest BCUT2D eigenvalue weighted by molar-refractivity contribution is 0.406. The molecule has 1 aromatic rings. The quantitative estimate of drug-likeness (QED) is 0.683. The van der Waals surface area contributed by atoms with Gasteiger partial charge in [0, 0.05) is 28.4 Å². The maximum absolute atomic E-state index is 6.23. The summed E-state index contributed by atoms with van der Waals surface area (Å²) >= 11 is 6.23. The number of rotatable bonds is 7. The van der Waals surface area contributed by atoms with Gasteiger partial charge in [0.15, 0.2) is 0 Å². The van der Waals surface area contributed by atoms with E-state index in [0.717, 1.165) is 49.1 Å². The summed E-state index contributed by atoms with van der Waals surface area (Å²) in [4.78, 5) is 4.51. The molecule has 1 heterocycles. The van der Waals surface area contributed by atoms with Gasteiger partial charge in [0.1, 0.15) is 5.75 Å². The number of aromatic nitrogens is 1. The van der Waals surface area contributed by atoms with Gasteiger partial charge in [-0.25, -0.2) is 0 Å². The number of methoxy groups -OCH3 is 1. The summed E-state index contributed by atoms with van der Waals surface area (Å²) in [5.41, 5.74) is 3.40. The fourth-order valence-corrected chi connectivity index (χ4v) is 2.64. The van der Waals surface area contributed by atoms with Crippen LogP contribution in [0.4, 0.5) is 0 Å². The molecule has 1 unspecified atom stereocenters. The van der Waals surface area contributed by atoms with Gasteiger partial charge in [0.05, 0.1) is 7.11 Å². The van der Waals surface area contributed by atoms with E-state index in [1.807, 2.05) is 13.1 Å². The van der Waals surface area contributed by atoms with Crippen LogP contribution in [0.2, 0.25) is 0 Å². The standard InChI is InChI=1S/C15H24ClNO/c1-5-7-13(16)8-6-9-14-12(3)15(18-4)11(2)10-17-14/h10,13H,5-9H2,1-4H3. The van der Waals surface area contributed by atoms with Crippen molar-refractivity contribution in [2.45, 2.75) is 58.3 Å². The SMILES string of the molecule is CCCC(Cl)CCCc1ncc(C)c(OC)c1C. The molecule has 0 fully saturated rings. The van der Waals surface area contributed by atoms with Crippen LogP contribution < -0.4 is 4.74 Å². The van der Waals surface area contributed by atoms with Gasteiger partial charge in [-0.3, -0.25) is 4.98 Å². The monoisotopic (exact) mass is 269 g/mol. The highest BCUT2D eigenvalue weighted by molar-refractivity contribution is 6.20. The number of hydrogen-bond donors (Lipinski definition) is 0. The molecule has 1 rings (SSSR count). The van der Waals surface area contributed by atoms with Crippen LogP contribution in [0.3, 0.4) is 0 Å². The van der Waals surface area contributed by atoms with Crippen LogP contribution in [-0.2, 0) is 6.42 Å². The van der Waals surface area contributed by atoms with Gasteiger partial charge in [0.25, 0.3) is 0 Å². The van der Waals surface area contributed by atoms with Gasteiger partial charge in [-0.1, -0.05) is 13.3 Å². The lowest BCUT2D eigenvalue weighted by Crippen LogP contribution is -2.03. The summed E-state index contributed by atoms with van der Waals surface area (Å²) in [5, 5.41) is 0.308. The van der Waals surface area contributed by atoms with Gasteiger partial charge in [0.2, 0.25) is 0 Å². The van der Waals surface area contributed by atoms with E-state index < -0.39 is 0 Å². The fourth-order valence-electron chi connectivity index (χ4n) is 2.27. The first-order valence-corrected chi connectivity index (χ1v) is 7.16. The predicted octanol–water partition coefficient (Wildman–Crippen LogP) is 4.44. The molecule has 0 radical (unpaired) electrons. The Bertz CT molecular complexity index is 379. The minimum atomic E-state index is 0.308. The Labute approximate surface area is 116 Å². The predicted molar refractivity (Wildman–Crippen MR) is 77.8 cm³/mol. The Kier molecular flexibility index (Phi) is 6.48. The van der Waals surface area contributed by atoms with E-state index in [4.69, 9.17) is 16.3 Å². The third-order valence-electron chi connectivity index (χ3n) is 3.28. The van der Waals surface area contributed by atoms with E-state index in [1.165, 1.54) is 5.56 Å². The van der Waals surface area contributed by atoms with E-state index in [2.05, 4.69) is 18.8 Å². The first kappa shape index (κ1) is 15.3. The molecule has 0 bridgehead atoms. The van der Waals surface area contributed by atoms with Crippen LogP contribution in [0.15, 0.2) is 6.20 Å². The molecule has 102 valence electrons. The summed E-state index contributed by atoms with van der Waals surface area (Å²) in [6.45, 7) is 6.28. The van der Waals surface area contributed by atoms with E-state index >= 15 is 0 Å². The highest BCUT2D eigenvalue weighted by Gasteiger charge is 2.10. The summed E-state index contributed by atoms with van der Waals surface area (Å²) in [6, 6.07) is 0. The lowest BCUT2D eigenvalue weighted by Gasteiger charge is -2.13. The minimum Gasteiger partial charge on any atom is -0.496 e. The number of aryl methyl sites for hydroxylation is 2. The molecule has 2 nitrogen and oxygen atoms in total. The molecule has 0 aromatic carbocycles. The van der Waals surface area contributed by atoms with Crippen molar-refractivity contribution >= 4 is 11.6 Å². The Hall–Kier alpha value is -0.760. The molecule has 1 aromatic heterocycles. The fraction of sp³-hybridized carbons (Fsp3) is 0.667. The molecule has 0 aliphatic heterocycles. The Morgan fingerprint density at radius 3 is 2.67 bits per heavy atom. The maximum atomic E-state index is 6.23. The minimum absolute atomic E-state index is 0.308. The van der Waals surface area contributed by atoms with Crippen LogP contribution in [0.5, 0.6) is 5.75 Å². The molecule has 0 saturated heterocycles. The first-order valence-electron chi connectivity index (χ1n) is 6.73.